The van der Waals surface area contributed by atoms with Crippen LogP contribution >= 0.6 is 0 Å². The summed E-state index contributed by atoms with van der Waals surface area (Å²) in [6.07, 6.45) is 0.728. The zero-order chi connectivity index (χ0) is 15.2. The SMILES string of the molecule is CCN(CC)CCCN1C(=O)CNC1c1cccc(F)c1. The number of nitrogens with one attached hydrogen (secondary N) is 1. The summed E-state index contributed by atoms with van der Waals surface area (Å²) >= 11 is 0. The summed E-state index contributed by atoms with van der Waals surface area (Å²) in [4.78, 5) is 16.2. The summed E-state index contributed by atoms with van der Waals surface area (Å²) in [5.74, 6) is -0.180. The zero-order valence-corrected chi connectivity index (χ0v) is 12.8. The lowest BCUT2D eigenvalue weighted by Gasteiger charge is -2.26. The topological polar surface area (TPSA) is 35.6 Å². The van der Waals surface area contributed by atoms with E-state index < -0.39 is 0 Å². The maximum absolute atomic E-state index is 13.4. The van der Waals surface area contributed by atoms with Gasteiger partial charge in [0.25, 0.3) is 0 Å². The first-order valence-corrected chi connectivity index (χ1v) is 7.66. The van der Waals surface area contributed by atoms with Gasteiger partial charge < -0.3 is 9.80 Å². The van der Waals surface area contributed by atoms with Crippen LogP contribution < -0.4 is 5.32 Å². The Kier molecular flexibility index (Phi) is 5.70. The van der Waals surface area contributed by atoms with Gasteiger partial charge in [-0.15, -0.1) is 0 Å². The summed E-state index contributed by atoms with van der Waals surface area (Å²) in [6.45, 7) is 8.33. The van der Waals surface area contributed by atoms with Crippen LogP contribution in [0.4, 0.5) is 4.39 Å². The van der Waals surface area contributed by atoms with E-state index in [4.69, 9.17) is 0 Å². The van der Waals surface area contributed by atoms with Crippen molar-refractivity contribution >= 4 is 5.91 Å². The molecule has 5 heteroatoms. The maximum atomic E-state index is 13.4. The average molecular weight is 293 g/mol. The molecule has 1 atom stereocenters. The molecule has 21 heavy (non-hydrogen) atoms. The highest BCUT2D eigenvalue weighted by Gasteiger charge is 2.31. The lowest BCUT2D eigenvalue weighted by Crippen LogP contribution is -2.34. The molecule has 0 spiro atoms. The second-order valence-corrected chi connectivity index (χ2v) is 5.31. The van der Waals surface area contributed by atoms with E-state index in [2.05, 4.69) is 24.1 Å². The van der Waals surface area contributed by atoms with E-state index in [-0.39, 0.29) is 17.9 Å². The third-order valence-electron chi connectivity index (χ3n) is 4.01. The maximum Gasteiger partial charge on any atom is 0.238 e. The minimum absolute atomic E-state index is 0.0869. The van der Waals surface area contributed by atoms with Crippen LogP contribution in [0.1, 0.15) is 32.0 Å². The largest absolute Gasteiger partial charge is 0.322 e. The Bertz CT molecular complexity index is 476. The number of halogens is 1. The molecule has 4 nitrogen and oxygen atoms in total. The number of nitrogens with zero attached hydrogens (tertiary/aromatic N) is 2. The van der Waals surface area contributed by atoms with Gasteiger partial charge in [-0.25, -0.2) is 4.39 Å². The standard InChI is InChI=1S/C16H24FN3O/c1-3-19(4-2)9-6-10-20-15(21)12-18-16(20)13-7-5-8-14(17)11-13/h5,7-8,11,16,18H,3-4,6,9-10,12H2,1-2H3. The summed E-state index contributed by atoms with van der Waals surface area (Å²) < 4.78 is 13.4. The summed E-state index contributed by atoms with van der Waals surface area (Å²) in [5.41, 5.74) is 0.809. The van der Waals surface area contributed by atoms with E-state index in [1.54, 1.807) is 6.07 Å². The van der Waals surface area contributed by atoms with Crippen molar-refractivity contribution in [3.05, 3.63) is 35.6 Å². The Morgan fingerprint density at radius 2 is 2.14 bits per heavy atom. The Balaban J connectivity index is 1.97. The normalized spacial score (nSPS) is 18.8. The van der Waals surface area contributed by atoms with Crippen LogP contribution in [0.2, 0.25) is 0 Å². The number of benzene rings is 1. The van der Waals surface area contributed by atoms with Crippen LogP contribution in [0, 0.1) is 5.82 Å². The van der Waals surface area contributed by atoms with Crippen molar-refractivity contribution in [1.82, 2.24) is 15.1 Å². The molecule has 1 amide bonds. The van der Waals surface area contributed by atoms with Gasteiger partial charge in [0, 0.05) is 6.54 Å². The monoisotopic (exact) mass is 293 g/mol. The molecule has 1 aromatic carbocycles. The quantitative estimate of drug-likeness (QED) is 0.835. The molecule has 1 N–H and O–H groups in total. The van der Waals surface area contributed by atoms with Crippen LogP contribution in [0.25, 0.3) is 0 Å². The molecule has 0 aliphatic carbocycles. The fourth-order valence-corrected chi connectivity index (χ4v) is 2.77. The first-order valence-electron chi connectivity index (χ1n) is 7.66. The van der Waals surface area contributed by atoms with Crippen molar-refractivity contribution in [2.24, 2.45) is 0 Å². The second-order valence-electron chi connectivity index (χ2n) is 5.31. The van der Waals surface area contributed by atoms with Gasteiger partial charge in [0.15, 0.2) is 0 Å². The number of carbonyl (C=O) groups is 1. The van der Waals surface area contributed by atoms with Gasteiger partial charge >= 0.3 is 0 Å². The van der Waals surface area contributed by atoms with Crippen LogP contribution in [0.5, 0.6) is 0 Å². The van der Waals surface area contributed by atoms with Gasteiger partial charge in [-0.05, 0) is 43.8 Å². The first kappa shape index (κ1) is 15.9. The average Bonchev–Trinajstić information content (AvgIpc) is 2.85. The third-order valence-corrected chi connectivity index (χ3v) is 4.01. The fourth-order valence-electron chi connectivity index (χ4n) is 2.77. The van der Waals surface area contributed by atoms with E-state index in [1.165, 1.54) is 12.1 Å². The number of hydrogen-bond donors (Lipinski definition) is 1. The molecule has 1 aromatic rings. The van der Waals surface area contributed by atoms with Gasteiger partial charge in [0.2, 0.25) is 5.91 Å². The molecule has 116 valence electrons. The van der Waals surface area contributed by atoms with E-state index >= 15 is 0 Å². The van der Waals surface area contributed by atoms with Crippen molar-refractivity contribution < 1.29 is 9.18 Å². The van der Waals surface area contributed by atoms with E-state index in [9.17, 15) is 9.18 Å². The van der Waals surface area contributed by atoms with Crippen molar-refractivity contribution in [2.45, 2.75) is 26.4 Å². The zero-order valence-electron chi connectivity index (χ0n) is 12.8. The van der Waals surface area contributed by atoms with Crippen LogP contribution in [-0.2, 0) is 4.79 Å². The molecule has 1 saturated heterocycles. The van der Waals surface area contributed by atoms with Crippen molar-refractivity contribution in [2.75, 3.05) is 32.7 Å². The lowest BCUT2D eigenvalue weighted by molar-refractivity contribution is -0.128. The molecule has 0 saturated carbocycles. The Morgan fingerprint density at radius 1 is 1.38 bits per heavy atom. The molecule has 1 fully saturated rings. The molecular formula is C16H24FN3O. The number of hydrogen-bond acceptors (Lipinski definition) is 3. The lowest BCUT2D eigenvalue weighted by atomic mass is 10.1. The summed E-state index contributed by atoms with van der Waals surface area (Å²) in [7, 11) is 0. The van der Waals surface area contributed by atoms with Crippen molar-refractivity contribution in [1.29, 1.82) is 0 Å². The number of rotatable bonds is 7. The van der Waals surface area contributed by atoms with E-state index in [0.717, 1.165) is 31.6 Å². The van der Waals surface area contributed by atoms with Crippen LogP contribution in [0.3, 0.4) is 0 Å². The second kappa shape index (κ2) is 7.52. The Morgan fingerprint density at radius 3 is 2.81 bits per heavy atom. The summed E-state index contributed by atoms with van der Waals surface area (Å²) in [5, 5.41) is 3.16. The van der Waals surface area contributed by atoms with Gasteiger partial charge in [0.1, 0.15) is 12.0 Å². The van der Waals surface area contributed by atoms with Gasteiger partial charge in [-0.2, -0.15) is 0 Å². The van der Waals surface area contributed by atoms with E-state index in [1.807, 2.05) is 11.0 Å². The van der Waals surface area contributed by atoms with Gasteiger partial charge in [-0.1, -0.05) is 26.0 Å². The van der Waals surface area contributed by atoms with Crippen molar-refractivity contribution in [3.8, 4) is 0 Å². The highest BCUT2D eigenvalue weighted by Crippen LogP contribution is 2.23. The molecule has 1 aliphatic heterocycles. The molecule has 1 aliphatic rings. The Labute approximate surface area is 125 Å². The molecule has 0 radical (unpaired) electrons. The molecule has 1 heterocycles. The summed E-state index contributed by atoms with van der Waals surface area (Å²) in [6, 6.07) is 6.46. The minimum atomic E-state index is -0.267. The minimum Gasteiger partial charge on any atom is -0.322 e. The Hall–Kier alpha value is -1.46. The molecule has 0 aromatic heterocycles. The molecular weight excluding hydrogens is 269 g/mol. The molecule has 0 bridgehead atoms. The third kappa shape index (κ3) is 4.02. The predicted molar refractivity (Wildman–Crippen MR) is 81.3 cm³/mol. The number of amides is 1. The smallest absolute Gasteiger partial charge is 0.238 e. The highest BCUT2D eigenvalue weighted by atomic mass is 19.1. The van der Waals surface area contributed by atoms with Crippen LogP contribution in [0.15, 0.2) is 24.3 Å². The first-order chi connectivity index (χ1) is 10.2. The van der Waals surface area contributed by atoms with Crippen molar-refractivity contribution in [3.63, 3.8) is 0 Å². The fraction of sp³-hybridized carbons (Fsp3) is 0.562. The van der Waals surface area contributed by atoms with E-state index in [0.29, 0.717) is 13.1 Å². The van der Waals surface area contributed by atoms with Gasteiger partial charge in [-0.3, -0.25) is 10.1 Å². The predicted octanol–water partition coefficient (Wildman–Crippen LogP) is 1.99. The van der Waals surface area contributed by atoms with Crippen LogP contribution in [-0.4, -0.2) is 48.4 Å². The highest BCUT2D eigenvalue weighted by molar-refractivity contribution is 5.80. The molecule has 1 unspecified atom stereocenters. The number of carbonyl (C=O) groups excluding carboxylic acids is 1. The molecule has 2 rings (SSSR count). The van der Waals surface area contributed by atoms with Gasteiger partial charge in [0.05, 0.1) is 6.54 Å².